The average Bonchev–Trinajstić information content (AvgIpc) is 2.70. The van der Waals surface area contributed by atoms with E-state index in [1.54, 1.807) is 67.6 Å². The molecule has 0 aliphatic carbocycles. The summed E-state index contributed by atoms with van der Waals surface area (Å²) >= 11 is 5.95. The number of halogens is 1. The van der Waals surface area contributed by atoms with Gasteiger partial charge in [0.15, 0.2) is 0 Å². The van der Waals surface area contributed by atoms with Crippen LogP contribution in [-0.4, -0.2) is 18.0 Å². The number of fused-ring (bicyclic) bond motifs is 1. The van der Waals surface area contributed by atoms with E-state index in [9.17, 15) is 13.2 Å². The molecule has 0 saturated carbocycles. The van der Waals surface area contributed by atoms with E-state index in [1.807, 2.05) is 6.07 Å². The highest BCUT2D eigenvalue weighted by atomic mass is 35.5. The third-order valence-electron chi connectivity index (χ3n) is 4.59. The normalized spacial score (nSPS) is 11.5. The highest BCUT2D eigenvalue weighted by Crippen LogP contribution is 2.20. The summed E-state index contributed by atoms with van der Waals surface area (Å²) in [5.74, 6) is 0.361. The van der Waals surface area contributed by atoms with Crippen molar-refractivity contribution in [2.24, 2.45) is 0 Å². The van der Waals surface area contributed by atoms with Gasteiger partial charge in [0.05, 0.1) is 22.3 Å². The van der Waals surface area contributed by atoms with Gasteiger partial charge in [-0.15, -0.1) is 0 Å². The summed E-state index contributed by atoms with van der Waals surface area (Å²) in [6.45, 7) is 1.74. The molecule has 30 heavy (non-hydrogen) atoms. The van der Waals surface area contributed by atoms with Gasteiger partial charge in [0.1, 0.15) is 5.82 Å². The zero-order chi connectivity index (χ0) is 21.3. The molecule has 0 atom stereocenters. The Morgan fingerprint density at radius 1 is 1.00 bits per heavy atom. The van der Waals surface area contributed by atoms with Crippen molar-refractivity contribution < 1.29 is 8.42 Å². The van der Waals surface area contributed by atoms with Crippen molar-refractivity contribution in [3.63, 3.8) is 0 Å². The van der Waals surface area contributed by atoms with E-state index in [0.717, 1.165) is 0 Å². The SMILES string of the molecule is Cc1nc2ccc(NS(=O)(=O)Cc3ccccc3)cc2c(=O)n1-c1ccc(Cl)cc1. The van der Waals surface area contributed by atoms with Crippen LogP contribution in [0, 0.1) is 6.92 Å². The number of anilines is 1. The molecule has 0 fully saturated rings. The summed E-state index contributed by atoms with van der Waals surface area (Å²) in [6.07, 6.45) is 0. The standard InChI is InChI=1S/C22H18ClN3O3S/c1-15-24-21-12-9-18(25-30(28,29)14-16-5-3-2-4-6-16)13-20(21)22(27)26(15)19-10-7-17(23)8-11-19/h2-13,25H,14H2,1H3. The zero-order valence-corrected chi connectivity index (χ0v) is 17.6. The van der Waals surface area contributed by atoms with Gasteiger partial charge in [-0.1, -0.05) is 41.9 Å². The highest BCUT2D eigenvalue weighted by Gasteiger charge is 2.14. The van der Waals surface area contributed by atoms with E-state index in [0.29, 0.717) is 38.7 Å². The number of sulfonamides is 1. The van der Waals surface area contributed by atoms with Crippen LogP contribution < -0.4 is 10.3 Å². The lowest BCUT2D eigenvalue weighted by atomic mass is 10.2. The number of benzene rings is 3. The molecule has 1 N–H and O–H groups in total. The van der Waals surface area contributed by atoms with Gasteiger partial charge in [-0.25, -0.2) is 13.4 Å². The third kappa shape index (κ3) is 4.22. The van der Waals surface area contributed by atoms with E-state index in [1.165, 1.54) is 10.6 Å². The van der Waals surface area contributed by atoms with E-state index in [-0.39, 0.29) is 11.3 Å². The maximum absolute atomic E-state index is 13.2. The maximum Gasteiger partial charge on any atom is 0.266 e. The molecule has 0 radical (unpaired) electrons. The van der Waals surface area contributed by atoms with Gasteiger partial charge < -0.3 is 0 Å². The van der Waals surface area contributed by atoms with Crippen LogP contribution in [0.4, 0.5) is 5.69 Å². The van der Waals surface area contributed by atoms with Gasteiger partial charge in [-0.05, 0) is 55.0 Å². The molecule has 4 rings (SSSR count). The van der Waals surface area contributed by atoms with E-state index in [4.69, 9.17) is 11.6 Å². The number of rotatable bonds is 5. The topological polar surface area (TPSA) is 81.1 Å². The monoisotopic (exact) mass is 439 g/mol. The molecule has 4 aromatic rings. The largest absolute Gasteiger partial charge is 0.283 e. The molecule has 0 saturated heterocycles. The molecule has 152 valence electrons. The summed E-state index contributed by atoms with van der Waals surface area (Å²) in [6, 6.07) is 20.5. The molecule has 0 spiro atoms. The summed E-state index contributed by atoms with van der Waals surface area (Å²) in [4.78, 5) is 17.6. The fourth-order valence-corrected chi connectivity index (χ4v) is 4.58. The minimum atomic E-state index is -3.64. The van der Waals surface area contributed by atoms with E-state index < -0.39 is 10.0 Å². The number of nitrogens with zero attached hydrogens (tertiary/aromatic N) is 2. The van der Waals surface area contributed by atoms with Crippen molar-refractivity contribution in [2.45, 2.75) is 12.7 Å². The van der Waals surface area contributed by atoms with Crippen LogP contribution in [0.3, 0.4) is 0 Å². The first-order chi connectivity index (χ1) is 14.3. The molecule has 1 aromatic heterocycles. The Kier molecular flexibility index (Phi) is 5.32. The van der Waals surface area contributed by atoms with Crippen molar-refractivity contribution in [3.05, 3.63) is 99.6 Å². The van der Waals surface area contributed by atoms with Crippen LogP contribution in [0.2, 0.25) is 5.02 Å². The van der Waals surface area contributed by atoms with Crippen molar-refractivity contribution in [1.82, 2.24) is 9.55 Å². The van der Waals surface area contributed by atoms with Gasteiger partial charge in [0, 0.05) is 10.7 Å². The summed E-state index contributed by atoms with van der Waals surface area (Å²) in [5.41, 5.74) is 1.82. The highest BCUT2D eigenvalue weighted by molar-refractivity contribution is 7.91. The predicted octanol–water partition coefficient (Wildman–Crippen LogP) is 4.29. The first-order valence-electron chi connectivity index (χ1n) is 9.16. The van der Waals surface area contributed by atoms with Gasteiger partial charge in [-0.2, -0.15) is 0 Å². The number of hydrogen-bond acceptors (Lipinski definition) is 4. The lowest BCUT2D eigenvalue weighted by molar-refractivity contribution is 0.600. The first kappa shape index (κ1) is 20.1. The molecule has 6 nitrogen and oxygen atoms in total. The van der Waals surface area contributed by atoms with E-state index in [2.05, 4.69) is 9.71 Å². The van der Waals surface area contributed by atoms with Gasteiger partial charge in [0.25, 0.3) is 5.56 Å². The maximum atomic E-state index is 13.2. The van der Waals surface area contributed by atoms with Gasteiger partial charge >= 0.3 is 0 Å². The van der Waals surface area contributed by atoms with Crippen LogP contribution in [0.25, 0.3) is 16.6 Å². The first-order valence-corrected chi connectivity index (χ1v) is 11.2. The molecular formula is C22H18ClN3O3S. The van der Waals surface area contributed by atoms with Crippen LogP contribution in [-0.2, 0) is 15.8 Å². The predicted molar refractivity (Wildman–Crippen MR) is 120 cm³/mol. The van der Waals surface area contributed by atoms with E-state index >= 15 is 0 Å². The van der Waals surface area contributed by atoms with Crippen molar-refractivity contribution in [2.75, 3.05) is 4.72 Å². The Hall–Kier alpha value is -3.16. The van der Waals surface area contributed by atoms with Crippen LogP contribution in [0.15, 0.2) is 77.6 Å². The Morgan fingerprint density at radius 2 is 1.70 bits per heavy atom. The van der Waals surface area contributed by atoms with Gasteiger partial charge in [0.2, 0.25) is 10.0 Å². The Balaban J connectivity index is 1.73. The average molecular weight is 440 g/mol. The Bertz CT molecular complexity index is 1380. The van der Waals surface area contributed by atoms with Crippen LogP contribution in [0.5, 0.6) is 0 Å². The molecule has 1 heterocycles. The number of nitrogens with one attached hydrogen (secondary N) is 1. The Morgan fingerprint density at radius 3 is 2.40 bits per heavy atom. The Labute approximate surface area is 178 Å². The van der Waals surface area contributed by atoms with Gasteiger partial charge in [-0.3, -0.25) is 14.1 Å². The summed E-state index contributed by atoms with van der Waals surface area (Å²) < 4.78 is 29.1. The third-order valence-corrected chi connectivity index (χ3v) is 6.11. The molecule has 0 bridgehead atoms. The summed E-state index contributed by atoms with van der Waals surface area (Å²) in [5, 5.41) is 0.878. The van der Waals surface area contributed by atoms with Crippen molar-refractivity contribution in [1.29, 1.82) is 0 Å². The minimum absolute atomic E-state index is 0.160. The molecule has 0 aliphatic rings. The van der Waals surface area contributed by atoms with Crippen molar-refractivity contribution >= 4 is 38.2 Å². The second-order valence-electron chi connectivity index (χ2n) is 6.85. The minimum Gasteiger partial charge on any atom is -0.283 e. The fourth-order valence-electron chi connectivity index (χ4n) is 3.26. The molecule has 0 unspecified atom stereocenters. The fraction of sp³-hybridized carbons (Fsp3) is 0.0909. The number of aryl methyl sites for hydroxylation is 1. The van der Waals surface area contributed by atoms with Crippen molar-refractivity contribution in [3.8, 4) is 5.69 Å². The zero-order valence-electron chi connectivity index (χ0n) is 16.0. The molecule has 0 aliphatic heterocycles. The molecule has 8 heteroatoms. The summed E-state index contributed by atoms with van der Waals surface area (Å²) in [7, 11) is -3.64. The van der Waals surface area contributed by atoms with Crippen LogP contribution in [0.1, 0.15) is 11.4 Å². The second-order valence-corrected chi connectivity index (χ2v) is 9.01. The second kappa shape index (κ2) is 7.93. The molecule has 3 aromatic carbocycles. The smallest absolute Gasteiger partial charge is 0.266 e. The number of aromatic nitrogens is 2. The molecular weight excluding hydrogens is 422 g/mol. The van der Waals surface area contributed by atoms with Crippen LogP contribution >= 0.6 is 11.6 Å². The lowest BCUT2D eigenvalue weighted by Gasteiger charge is -2.12. The quantitative estimate of drug-likeness (QED) is 0.503. The molecule has 0 amide bonds. The number of hydrogen-bond donors (Lipinski definition) is 1. The lowest BCUT2D eigenvalue weighted by Crippen LogP contribution is -2.22.